The van der Waals surface area contributed by atoms with Gasteiger partial charge in [0.2, 0.25) is 0 Å². The van der Waals surface area contributed by atoms with E-state index in [2.05, 4.69) is 53.7 Å². The fourth-order valence-corrected chi connectivity index (χ4v) is 6.09. The van der Waals surface area contributed by atoms with Gasteiger partial charge >= 0.3 is 0 Å². The highest BCUT2D eigenvalue weighted by molar-refractivity contribution is 5.07. The smallest absolute Gasteiger partial charge is 0.0866 e. The normalized spacial score (nSPS) is 13.8. The molecule has 0 aliphatic heterocycles. The van der Waals surface area contributed by atoms with Crippen LogP contribution < -0.4 is 0 Å². The summed E-state index contributed by atoms with van der Waals surface area (Å²) in [5.74, 6) is 0. The highest BCUT2D eigenvalue weighted by Gasteiger charge is 2.38. The molecule has 0 radical (unpaired) electrons. The molecule has 0 aromatic rings. The molecule has 0 saturated heterocycles. The van der Waals surface area contributed by atoms with E-state index in [-0.39, 0.29) is 12.1 Å². The Kier molecular flexibility index (Phi) is 24.4. The fourth-order valence-electron chi connectivity index (χ4n) is 6.09. The minimum Gasteiger partial charge on any atom is -0.198 e. The van der Waals surface area contributed by atoms with Gasteiger partial charge < -0.3 is 0 Å². The van der Waals surface area contributed by atoms with Crippen molar-refractivity contribution in [3.63, 3.8) is 0 Å². The van der Waals surface area contributed by atoms with E-state index in [1.54, 1.807) is 0 Å². The monoisotopic (exact) mass is 557 g/mol. The van der Waals surface area contributed by atoms with Gasteiger partial charge in [0.1, 0.15) is 0 Å². The van der Waals surface area contributed by atoms with Crippen LogP contribution in [0.3, 0.4) is 0 Å². The third-order valence-corrected chi connectivity index (χ3v) is 9.36. The van der Waals surface area contributed by atoms with Crippen molar-refractivity contribution in [3.05, 3.63) is 0 Å². The van der Waals surface area contributed by atoms with Gasteiger partial charge in [0.05, 0.1) is 35.1 Å². The lowest BCUT2D eigenvalue weighted by molar-refractivity contribution is 0.231. The molecule has 0 spiro atoms. The summed E-state index contributed by atoms with van der Waals surface area (Å²) >= 11 is 0. The highest BCUT2D eigenvalue weighted by atomic mass is 15.1. The van der Waals surface area contributed by atoms with E-state index in [4.69, 9.17) is 10.2 Å². The summed E-state index contributed by atoms with van der Waals surface area (Å²) in [7, 11) is 0. The average Bonchev–Trinajstić information content (AvgIpc) is 2.97. The standard InChI is InChI=1S/C36H68N4/c1-7-11-15-19-23-27-35(31-37,28-24-20-16-12-8-2)33(5)39-40-34(6)36(32-38,29-25-21-17-13-9-3)30-26-22-18-14-10-4/h33-34H,7-30H2,1-6H3. The van der Waals surface area contributed by atoms with Gasteiger partial charge in [-0.1, -0.05) is 156 Å². The first-order valence-corrected chi connectivity index (χ1v) is 17.6. The lowest BCUT2D eigenvalue weighted by Gasteiger charge is -2.32. The van der Waals surface area contributed by atoms with Gasteiger partial charge in [-0.2, -0.15) is 20.8 Å². The van der Waals surface area contributed by atoms with Gasteiger partial charge in [0.25, 0.3) is 0 Å². The van der Waals surface area contributed by atoms with Gasteiger partial charge in [-0.05, 0) is 39.5 Å². The van der Waals surface area contributed by atoms with Crippen molar-refractivity contribution in [1.29, 1.82) is 10.5 Å². The Morgan fingerprint density at radius 3 is 0.850 bits per heavy atom. The van der Waals surface area contributed by atoms with Gasteiger partial charge in [-0.3, -0.25) is 0 Å². The minimum atomic E-state index is -0.447. The van der Waals surface area contributed by atoms with Crippen molar-refractivity contribution < 1.29 is 0 Å². The van der Waals surface area contributed by atoms with Crippen LogP contribution in [0.1, 0.15) is 196 Å². The molecule has 2 unspecified atom stereocenters. The second kappa shape index (κ2) is 25.3. The van der Waals surface area contributed by atoms with E-state index in [1.807, 2.05) is 0 Å². The zero-order chi connectivity index (χ0) is 30.0. The van der Waals surface area contributed by atoms with Crippen LogP contribution in [0, 0.1) is 33.5 Å². The van der Waals surface area contributed by atoms with Crippen molar-refractivity contribution in [1.82, 2.24) is 0 Å². The molecule has 0 aliphatic rings. The largest absolute Gasteiger partial charge is 0.198 e. The number of hydrogen-bond donors (Lipinski definition) is 0. The van der Waals surface area contributed by atoms with Crippen molar-refractivity contribution in [2.45, 2.75) is 208 Å². The van der Waals surface area contributed by atoms with Crippen LogP contribution in [0.5, 0.6) is 0 Å². The zero-order valence-electron chi connectivity index (χ0n) is 27.9. The Labute approximate surface area is 251 Å². The molecule has 0 fully saturated rings. The molecule has 0 amide bonds. The van der Waals surface area contributed by atoms with Gasteiger partial charge in [-0.15, -0.1) is 0 Å². The van der Waals surface area contributed by atoms with Crippen LogP contribution >= 0.6 is 0 Å². The summed E-state index contributed by atoms with van der Waals surface area (Å²) in [5, 5.41) is 30.7. The Hall–Kier alpha value is -1.42. The van der Waals surface area contributed by atoms with Crippen LogP contribution in [0.25, 0.3) is 0 Å². The predicted octanol–water partition coefficient (Wildman–Crippen LogP) is 12.7. The first-order chi connectivity index (χ1) is 19.4. The summed E-state index contributed by atoms with van der Waals surface area (Å²) in [5.41, 5.74) is -0.894. The third kappa shape index (κ3) is 16.1. The van der Waals surface area contributed by atoms with Crippen molar-refractivity contribution >= 4 is 0 Å². The highest BCUT2D eigenvalue weighted by Crippen LogP contribution is 2.40. The van der Waals surface area contributed by atoms with E-state index in [0.29, 0.717) is 0 Å². The second-order valence-corrected chi connectivity index (χ2v) is 12.8. The first-order valence-electron chi connectivity index (χ1n) is 17.6. The van der Waals surface area contributed by atoms with Gasteiger partial charge in [0.15, 0.2) is 0 Å². The van der Waals surface area contributed by atoms with Gasteiger partial charge in [-0.25, -0.2) is 0 Å². The maximum absolute atomic E-state index is 10.5. The fraction of sp³-hybridized carbons (Fsp3) is 0.944. The summed E-state index contributed by atoms with van der Waals surface area (Å²) in [6.45, 7) is 13.2. The zero-order valence-corrected chi connectivity index (χ0v) is 27.9. The molecule has 4 heteroatoms. The first kappa shape index (κ1) is 38.6. The van der Waals surface area contributed by atoms with Crippen LogP contribution in [-0.2, 0) is 0 Å². The number of nitriles is 2. The molecule has 4 nitrogen and oxygen atoms in total. The number of hydrogen-bond acceptors (Lipinski definition) is 4. The molecule has 0 saturated carbocycles. The van der Waals surface area contributed by atoms with Crippen LogP contribution in [0.4, 0.5) is 0 Å². The van der Waals surface area contributed by atoms with Crippen molar-refractivity contribution in [2.75, 3.05) is 0 Å². The van der Waals surface area contributed by atoms with E-state index in [1.165, 1.54) is 103 Å². The number of azo groups is 1. The predicted molar refractivity (Wildman–Crippen MR) is 173 cm³/mol. The number of nitrogens with zero attached hydrogens (tertiary/aromatic N) is 4. The van der Waals surface area contributed by atoms with Crippen molar-refractivity contribution in [3.8, 4) is 12.1 Å². The molecule has 0 bridgehead atoms. The molecule has 0 heterocycles. The summed E-state index contributed by atoms with van der Waals surface area (Å²) in [6, 6.07) is 5.25. The Morgan fingerprint density at radius 2 is 0.650 bits per heavy atom. The summed E-state index contributed by atoms with van der Waals surface area (Å²) in [4.78, 5) is 0. The van der Waals surface area contributed by atoms with Crippen molar-refractivity contribution in [2.24, 2.45) is 21.1 Å². The van der Waals surface area contributed by atoms with E-state index < -0.39 is 10.8 Å². The Morgan fingerprint density at radius 1 is 0.425 bits per heavy atom. The van der Waals surface area contributed by atoms with Crippen LogP contribution in [0.2, 0.25) is 0 Å². The quantitative estimate of drug-likeness (QED) is 0.0710. The maximum atomic E-state index is 10.5. The molecule has 0 N–H and O–H groups in total. The van der Waals surface area contributed by atoms with E-state index in [9.17, 15) is 10.5 Å². The summed E-state index contributed by atoms with van der Waals surface area (Å²) < 4.78 is 0. The molecule has 0 aromatic carbocycles. The topological polar surface area (TPSA) is 72.3 Å². The lowest BCUT2D eigenvalue weighted by atomic mass is 9.73. The number of unbranched alkanes of at least 4 members (excludes halogenated alkanes) is 16. The Bertz CT molecular complexity index is 600. The van der Waals surface area contributed by atoms with E-state index >= 15 is 0 Å². The molecular weight excluding hydrogens is 488 g/mol. The molecular formula is C36H68N4. The summed E-state index contributed by atoms with van der Waals surface area (Å²) in [6.07, 6.45) is 27.9. The lowest BCUT2D eigenvalue weighted by Crippen LogP contribution is -2.33. The maximum Gasteiger partial charge on any atom is 0.0866 e. The minimum absolute atomic E-state index is 0.136. The Balaban J connectivity index is 5.62. The van der Waals surface area contributed by atoms with E-state index in [0.717, 1.165) is 51.4 Å². The van der Waals surface area contributed by atoms with Crippen LogP contribution in [-0.4, -0.2) is 12.1 Å². The van der Waals surface area contributed by atoms with Crippen LogP contribution in [0.15, 0.2) is 10.2 Å². The number of rotatable bonds is 28. The van der Waals surface area contributed by atoms with Gasteiger partial charge in [0, 0.05) is 0 Å². The second-order valence-electron chi connectivity index (χ2n) is 12.8. The molecule has 40 heavy (non-hydrogen) atoms. The SMILES string of the molecule is CCCCCCCC(C#N)(CCCCCCC)C(C)N=NC(C)C(C#N)(CCCCCCC)CCCCCCC. The molecule has 0 rings (SSSR count). The molecule has 232 valence electrons. The third-order valence-electron chi connectivity index (χ3n) is 9.36. The molecule has 0 aliphatic carbocycles. The molecule has 0 aromatic heterocycles. The molecule has 2 atom stereocenters. The average molecular weight is 557 g/mol.